The molecule has 4 nitrogen and oxygen atoms in total. The first-order chi connectivity index (χ1) is 19.1. The number of hydrogen-bond donors (Lipinski definition) is 0. The molecular formula is C33H47ClN2O2S. The number of rotatable bonds is 19. The van der Waals surface area contributed by atoms with Gasteiger partial charge in [-0.05, 0) is 47.2 Å². The monoisotopic (exact) mass is 570 g/mol. The Morgan fingerprint density at radius 1 is 0.897 bits per heavy atom. The predicted octanol–water partition coefficient (Wildman–Crippen LogP) is 9.95. The molecule has 6 heteroatoms. The zero-order chi connectivity index (χ0) is 27.7. The second-order valence-electron chi connectivity index (χ2n) is 10.6. The third-order valence-corrected chi connectivity index (χ3v) is 8.30. The molecule has 0 spiro atoms. The van der Waals surface area contributed by atoms with Crippen LogP contribution in [0, 0.1) is 0 Å². The largest absolute Gasteiger partial charge is 0.492 e. The van der Waals surface area contributed by atoms with Crippen LogP contribution in [0.25, 0.3) is 0 Å². The van der Waals surface area contributed by atoms with Crippen LogP contribution in [0.4, 0.5) is 5.69 Å². The molecule has 0 saturated carbocycles. The average molecular weight is 571 g/mol. The molecule has 2 aromatic carbocycles. The van der Waals surface area contributed by atoms with E-state index in [0.717, 1.165) is 35.8 Å². The Balaban J connectivity index is 1.35. The molecule has 3 rings (SSSR count). The van der Waals surface area contributed by atoms with Crippen molar-refractivity contribution < 1.29 is 9.53 Å². The van der Waals surface area contributed by atoms with Gasteiger partial charge in [0.15, 0.2) is 0 Å². The summed E-state index contributed by atoms with van der Waals surface area (Å²) >= 11 is 8.35. The van der Waals surface area contributed by atoms with E-state index >= 15 is 0 Å². The zero-order valence-corrected chi connectivity index (χ0v) is 25.6. The van der Waals surface area contributed by atoms with E-state index in [4.69, 9.17) is 16.3 Å². The Hall–Kier alpha value is -2.11. The van der Waals surface area contributed by atoms with Crippen LogP contribution in [0.5, 0.6) is 5.75 Å². The van der Waals surface area contributed by atoms with Gasteiger partial charge in [0.25, 0.3) is 0 Å². The topological polar surface area (TPSA) is 32.8 Å². The normalized spacial score (nSPS) is 12.7. The highest BCUT2D eigenvalue weighted by atomic mass is 35.5. The minimum Gasteiger partial charge on any atom is -0.492 e. The quantitative estimate of drug-likeness (QED) is 0.157. The molecule has 0 atom stereocenters. The SMILES string of the molecule is CCCCCCCCCCCCCCOc1ccc(CN(C(C)=O)c2ccc(CN3C=CSC3)cc2)cc1Cl. The highest BCUT2D eigenvalue weighted by Gasteiger charge is 2.14. The Bertz CT molecular complexity index is 1010. The van der Waals surface area contributed by atoms with Crippen LogP contribution in [0.15, 0.2) is 54.1 Å². The summed E-state index contributed by atoms with van der Waals surface area (Å²) < 4.78 is 5.97. The molecule has 0 aromatic heterocycles. The standard InChI is InChI=1S/C33H47ClN2O2S/c1-3-4-5-6-7-8-9-10-11-12-13-14-22-38-33-20-17-30(24-32(33)34)26-36(28(2)37)31-18-15-29(16-19-31)25-35-21-23-39-27-35/h15-21,23-24H,3-14,22,25-27H2,1-2H3. The predicted molar refractivity (Wildman–Crippen MR) is 168 cm³/mol. The van der Waals surface area contributed by atoms with Crippen molar-refractivity contribution in [3.8, 4) is 5.75 Å². The number of hydrogen-bond acceptors (Lipinski definition) is 4. The van der Waals surface area contributed by atoms with Crippen molar-refractivity contribution in [3.63, 3.8) is 0 Å². The molecule has 214 valence electrons. The summed E-state index contributed by atoms with van der Waals surface area (Å²) in [5, 5.41) is 2.72. The van der Waals surface area contributed by atoms with Crippen LogP contribution in [0.1, 0.15) is 102 Å². The lowest BCUT2D eigenvalue weighted by molar-refractivity contribution is -0.116. The zero-order valence-electron chi connectivity index (χ0n) is 24.0. The number of nitrogens with zero attached hydrogens (tertiary/aromatic N) is 2. The molecule has 1 aliphatic heterocycles. The van der Waals surface area contributed by atoms with Crippen LogP contribution < -0.4 is 9.64 Å². The van der Waals surface area contributed by atoms with Crippen LogP contribution >= 0.6 is 23.4 Å². The summed E-state index contributed by atoms with van der Waals surface area (Å²) in [5.74, 6) is 1.71. The maximum atomic E-state index is 12.5. The first-order valence-corrected chi connectivity index (χ1v) is 16.3. The molecule has 39 heavy (non-hydrogen) atoms. The van der Waals surface area contributed by atoms with Gasteiger partial charge in [-0.2, -0.15) is 0 Å². The molecule has 0 saturated heterocycles. The van der Waals surface area contributed by atoms with E-state index in [1.165, 1.54) is 76.2 Å². The number of halogens is 1. The number of amides is 1. The van der Waals surface area contributed by atoms with E-state index in [9.17, 15) is 4.79 Å². The number of anilines is 1. The van der Waals surface area contributed by atoms with Gasteiger partial charge < -0.3 is 14.5 Å². The number of carbonyl (C=O) groups excluding carboxylic acids is 1. The third-order valence-electron chi connectivity index (χ3n) is 7.21. The number of carbonyl (C=O) groups is 1. The van der Waals surface area contributed by atoms with E-state index in [1.54, 1.807) is 23.6 Å². The van der Waals surface area contributed by atoms with Crippen LogP contribution in [-0.2, 0) is 17.9 Å². The van der Waals surface area contributed by atoms with Gasteiger partial charge in [0.2, 0.25) is 5.91 Å². The highest BCUT2D eigenvalue weighted by molar-refractivity contribution is 8.02. The van der Waals surface area contributed by atoms with Crippen molar-refractivity contribution in [1.82, 2.24) is 4.90 Å². The molecule has 0 fully saturated rings. The fourth-order valence-corrected chi connectivity index (χ4v) is 5.85. The maximum Gasteiger partial charge on any atom is 0.224 e. The van der Waals surface area contributed by atoms with Crippen molar-refractivity contribution in [2.45, 2.75) is 104 Å². The number of ether oxygens (including phenoxy) is 1. The number of benzene rings is 2. The number of thioether (sulfide) groups is 1. The van der Waals surface area contributed by atoms with Crippen LogP contribution in [-0.4, -0.2) is 23.3 Å². The summed E-state index contributed by atoms with van der Waals surface area (Å²) in [5.41, 5.74) is 3.10. The fourth-order valence-electron chi connectivity index (χ4n) is 4.88. The molecule has 1 amide bonds. The number of unbranched alkanes of at least 4 members (excludes halogenated alkanes) is 11. The lowest BCUT2D eigenvalue weighted by Gasteiger charge is -2.22. The molecule has 0 radical (unpaired) electrons. The Morgan fingerprint density at radius 2 is 1.51 bits per heavy atom. The van der Waals surface area contributed by atoms with Crippen molar-refractivity contribution in [2.75, 3.05) is 17.4 Å². The molecule has 0 N–H and O–H groups in total. The molecule has 1 aliphatic rings. The van der Waals surface area contributed by atoms with Gasteiger partial charge in [0.1, 0.15) is 5.75 Å². The van der Waals surface area contributed by atoms with Crippen LogP contribution in [0.3, 0.4) is 0 Å². The summed E-state index contributed by atoms with van der Waals surface area (Å²) in [6.45, 7) is 5.91. The van der Waals surface area contributed by atoms with Crippen molar-refractivity contribution in [2.24, 2.45) is 0 Å². The molecule has 2 aromatic rings. The van der Waals surface area contributed by atoms with Gasteiger partial charge in [-0.15, -0.1) is 11.8 Å². The summed E-state index contributed by atoms with van der Waals surface area (Å²) in [6.07, 6.45) is 18.1. The van der Waals surface area contributed by atoms with Gasteiger partial charge in [0, 0.05) is 25.4 Å². The second kappa shape index (κ2) is 18.3. The summed E-state index contributed by atoms with van der Waals surface area (Å²) in [7, 11) is 0. The molecule has 0 bridgehead atoms. The summed E-state index contributed by atoms with van der Waals surface area (Å²) in [4.78, 5) is 16.5. The van der Waals surface area contributed by atoms with Crippen LogP contribution in [0.2, 0.25) is 5.02 Å². The van der Waals surface area contributed by atoms with Gasteiger partial charge in [-0.25, -0.2) is 0 Å². The average Bonchev–Trinajstić information content (AvgIpc) is 3.44. The van der Waals surface area contributed by atoms with E-state index in [-0.39, 0.29) is 5.91 Å². The van der Waals surface area contributed by atoms with Gasteiger partial charge in [0.05, 0.1) is 24.1 Å². The van der Waals surface area contributed by atoms with Crippen molar-refractivity contribution in [1.29, 1.82) is 0 Å². The molecule has 0 unspecified atom stereocenters. The van der Waals surface area contributed by atoms with Crippen molar-refractivity contribution in [3.05, 3.63) is 70.2 Å². The first kappa shape index (κ1) is 31.4. The molecule has 1 heterocycles. The van der Waals surface area contributed by atoms with E-state index in [1.807, 2.05) is 30.3 Å². The van der Waals surface area contributed by atoms with Gasteiger partial charge in [-0.1, -0.05) is 107 Å². The Morgan fingerprint density at radius 3 is 2.08 bits per heavy atom. The fraction of sp³-hybridized carbons (Fsp3) is 0.545. The first-order valence-electron chi connectivity index (χ1n) is 14.9. The van der Waals surface area contributed by atoms with Gasteiger partial charge in [-0.3, -0.25) is 4.79 Å². The smallest absolute Gasteiger partial charge is 0.224 e. The minimum absolute atomic E-state index is 0.00467. The summed E-state index contributed by atoms with van der Waals surface area (Å²) in [6, 6.07) is 14.1. The molecule has 0 aliphatic carbocycles. The second-order valence-corrected chi connectivity index (χ2v) is 11.9. The minimum atomic E-state index is 0.00467. The lowest BCUT2D eigenvalue weighted by Crippen LogP contribution is -2.27. The highest BCUT2D eigenvalue weighted by Crippen LogP contribution is 2.28. The third kappa shape index (κ3) is 11.9. The van der Waals surface area contributed by atoms with E-state index in [2.05, 4.69) is 35.6 Å². The van der Waals surface area contributed by atoms with E-state index < -0.39 is 0 Å². The lowest BCUT2D eigenvalue weighted by atomic mass is 10.1. The van der Waals surface area contributed by atoms with Gasteiger partial charge >= 0.3 is 0 Å². The maximum absolute atomic E-state index is 12.5. The Labute approximate surface area is 246 Å². The van der Waals surface area contributed by atoms with Crippen molar-refractivity contribution >= 4 is 35.0 Å². The van der Waals surface area contributed by atoms with E-state index in [0.29, 0.717) is 18.2 Å². The Kier molecular flexibility index (Phi) is 14.7. The molecular weight excluding hydrogens is 524 g/mol.